The van der Waals surface area contributed by atoms with Crippen molar-refractivity contribution in [1.82, 2.24) is 4.90 Å². The van der Waals surface area contributed by atoms with Gasteiger partial charge in [-0.15, -0.1) is 0 Å². The average Bonchev–Trinajstić information content (AvgIpc) is 3.06. The Kier molecular flexibility index (Phi) is 7.64. The lowest BCUT2D eigenvalue weighted by molar-refractivity contribution is -0.142. The summed E-state index contributed by atoms with van der Waals surface area (Å²) >= 11 is 1.29. The normalized spacial score (nSPS) is 16.3. The van der Waals surface area contributed by atoms with E-state index in [4.69, 9.17) is 9.47 Å². The number of benzene rings is 2. The van der Waals surface area contributed by atoms with Crippen LogP contribution in [0.3, 0.4) is 0 Å². The van der Waals surface area contributed by atoms with Gasteiger partial charge < -0.3 is 14.2 Å². The zero-order valence-electron chi connectivity index (χ0n) is 16.7. The van der Waals surface area contributed by atoms with Crippen LogP contribution in [0.15, 0.2) is 64.5 Å². The second-order valence-corrected chi connectivity index (χ2v) is 7.20. The van der Waals surface area contributed by atoms with Gasteiger partial charge in [-0.25, -0.2) is 9.79 Å². The van der Waals surface area contributed by atoms with Crippen molar-refractivity contribution in [2.45, 2.75) is 0 Å². The number of carbonyl (C=O) groups is 2. The van der Waals surface area contributed by atoms with E-state index in [-0.39, 0.29) is 12.5 Å². The topological polar surface area (TPSA) is 77.4 Å². The van der Waals surface area contributed by atoms with Crippen LogP contribution in [-0.4, -0.2) is 55.9 Å². The number of aliphatic imine (C=N–C) groups is 1. The molecule has 3 rings (SSSR count). The minimum atomic E-state index is -0.480. The van der Waals surface area contributed by atoms with Gasteiger partial charge in [0.05, 0.1) is 30.9 Å². The number of amidine groups is 1. The van der Waals surface area contributed by atoms with Crippen LogP contribution < -0.4 is 4.74 Å². The number of para-hydroxylation sites is 2. The number of nitrogens with zero attached hydrogens (tertiary/aromatic N) is 2. The van der Waals surface area contributed by atoms with Gasteiger partial charge in [-0.1, -0.05) is 36.4 Å². The van der Waals surface area contributed by atoms with Crippen LogP contribution in [0.4, 0.5) is 5.69 Å². The minimum Gasteiger partial charge on any atom is -0.481 e. The summed E-state index contributed by atoms with van der Waals surface area (Å²) in [6.07, 6.45) is 1.74. The first-order chi connectivity index (χ1) is 14.6. The van der Waals surface area contributed by atoms with Gasteiger partial charge in [0, 0.05) is 12.7 Å². The molecule has 1 aliphatic heterocycles. The number of carbonyl (C=O) groups excluding carboxylic acids is 2. The number of esters is 1. The Morgan fingerprint density at radius 2 is 1.83 bits per heavy atom. The Bertz CT molecular complexity index is 959. The molecule has 156 valence electrons. The number of thioether (sulfide) groups is 1. The van der Waals surface area contributed by atoms with E-state index in [2.05, 4.69) is 9.73 Å². The van der Waals surface area contributed by atoms with Gasteiger partial charge in [-0.05, 0) is 36.0 Å². The molecule has 1 heterocycles. The van der Waals surface area contributed by atoms with Crippen LogP contribution in [0.25, 0.3) is 6.08 Å². The van der Waals surface area contributed by atoms with E-state index in [1.807, 2.05) is 42.5 Å². The quantitative estimate of drug-likeness (QED) is 0.475. The smallest absolute Gasteiger partial charge is 0.343 e. The summed E-state index contributed by atoms with van der Waals surface area (Å²) < 4.78 is 15.3. The van der Waals surface area contributed by atoms with Crippen molar-refractivity contribution in [2.24, 2.45) is 4.99 Å². The lowest BCUT2D eigenvalue weighted by atomic mass is 10.2. The van der Waals surface area contributed by atoms with E-state index in [0.717, 1.165) is 5.69 Å². The summed E-state index contributed by atoms with van der Waals surface area (Å²) in [5.41, 5.74) is 1.45. The molecule has 0 spiro atoms. The number of rotatable bonds is 8. The Labute approximate surface area is 179 Å². The fraction of sp³-hybridized carbons (Fsp3) is 0.227. The molecular weight excluding hydrogens is 404 g/mol. The molecule has 1 fully saturated rings. The highest BCUT2D eigenvalue weighted by Gasteiger charge is 2.33. The number of amides is 1. The highest BCUT2D eigenvalue weighted by Crippen LogP contribution is 2.35. The third kappa shape index (κ3) is 5.49. The van der Waals surface area contributed by atoms with Crippen LogP contribution in [0, 0.1) is 0 Å². The molecule has 0 aliphatic carbocycles. The predicted molar refractivity (Wildman–Crippen MR) is 117 cm³/mol. The van der Waals surface area contributed by atoms with Crippen molar-refractivity contribution in [2.75, 3.05) is 34.0 Å². The van der Waals surface area contributed by atoms with Gasteiger partial charge in [0.2, 0.25) is 0 Å². The molecule has 1 amide bonds. The van der Waals surface area contributed by atoms with Crippen molar-refractivity contribution in [3.8, 4) is 5.75 Å². The van der Waals surface area contributed by atoms with Crippen LogP contribution in [-0.2, 0) is 19.1 Å². The standard InChI is InChI=1S/C22H22N2O5S/c1-27-13-12-24-21(26)19(30-22(24)23-17-9-4-3-5-10-17)14-16-8-6-7-11-18(16)29-15-20(25)28-2/h3-11,14H,12-13,15H2,1-2H3/b19-14-,23-22?. The summed E-state index contributed by atoms with van der Waals surface area (Å²) in [6, 6.07) is 16.6. The van der Waals surface area contributed by atoms with Crippen molar-refractivity contribution in [1.29, 1.82) is 0 Å². The van der Waals surface area contributed by atoms with Crippen molar-refractivity contribution in [3.63, 3.8) is 0 Å². The molecule has 0 unspecified atom stereocenters. The highest BCUT2D eigenvalue weighted by atomic mass is 32.2. The molecule has 7 nitrogen and oxygen atoms in total. The first kappa shape index (κ1) is 21.6. The Hall–Kier alpha value is -3.10. The minimum absolute atomic E-state index is 0.158. The molecule has 0 radical (unpaired) electrons. The second-order valence-electron chi connectivity index (χ2n) is 6.19. The maximum atomic E-state index is 13.0. The van der Waals surface area contributed by atoms with Crippen molar-refractivity contribution >= 4 is 40.6 Å². The first-order valence-electron chi connectivity index (χ1n) is 9.25. The molecule has 8 heteroatoms. The SMILES string of the molecule is COCCN1C(=O)/C(=C/c2ccccc2OCC(=O)OC)SC1=Nc1ccccc1. The van der Waals surface area contributed by atoms with E-state index in [9.17, 15) is 9.59 Å². The molecule has 0 N–H and O–H groups in total. The largest absolute Gasteiger partial charge is 0.481 e. The molecule has 0 atom stereocenters. The summed E-state index contributed by atoms with van der Waals surface area (Å²) in [5, 5.41) is 0.586. The van der Waals surface area contributed by atoms with Gasteiger partial charge in [-0.2, -0.15) is 0 Å². The lowest BCUT2D eigenvalue weighted by Crippen LogP contribution is -2.32. The van der Waals surface area contributed by atoms with Crippen LogP contribution in [0.5, 0.6) is 5.75 Å². The zero-order chi connectivity index (χ0) is 21.3. The van der Waals surface area contributed by atoms with Crippen LogP contribution in [0.2, 0.25) is 0 Å². The van der Waals surface area contributed by atoms with Gasteiger partial charge in [0.25, 0.3) is 5.91 Å². The molecule has 30 heavy (non-hydrogen) atoms. The van der Waals surface area contributed by atoms with Gasteiger partial charge in [0.1, 0.15) is 5.75 Å². The third-order valence-corrected chi connectivity index (χ3v) is 5.17. The Morgan fingerprint density at radius 1 is 1.10 bits per heavy atom. The fourth-order valence-electron chi connectivity index (χ4n) is 2.65. The van der Waals surface area contributed by atoms with Crippen molar-refractivity contribution < 1.29 is 23.8 Å². The number of ether oxygens (including phenoxy) is 3. The third-order valence-electron chi connectivity index (χ3n) is 4.17. The molecular formula is C22H22N2O5S. The lowest BCUT2D eigenvalue weighted by Gasteiger charge is -2.14. The molecule has 1 saturated heterocycles. The number of methoxy groups -OCH3 is 2. The Morgan fingerprint density at radius 3 is 2.57 bits per heavy atom. The van der Waals surface area contributed by atoms with E-state index in [0.29, 0.717) is 34.5 Å². The average molecular weight is 426 g/mol. The number of hydrogen-bond donors (Lipinski definition) is 0. The molecule has 0 saturated carbocycles. The van der Waals surface area contributed by atoms with E-state index < -0.39 is 5.97 Å². The van der Waals surface area contributed by atoms with Gasteiger partial charge in [-0.3, -0.25) is 9.69 Å². The van der Waals surface area contributed by atoms with E-state index in [1.165, 1.54) is 18.9 Å². The summed E-state index contributed by atoms with van der Waals surface area (Å²) in [7, 11) is 2.89. The van der Waals surface area contributed by atoms with Crippen LogP contribution in [0.1, 0.15) is 5.56 Å². The number of hydrogen-bond acceptors (Lipinski definition) is 7. The highest BCUT2D eigenvalue weighted by molar-refractivity contribution is 8.18. The van der Waals surface area contributed by atoms with E-state index >= 15 is 0 Å². The monoisotopic (exact) mass is 426 g/mol. The maximum Gasteiger partial charge on any atom is 0.343 e. The summed E-state index contributed by atoms with van der Waals surface area (Å²) in [6.45, 7) is 0.580. The molecule has 0 aromatic heterocycles. The first-order valence-corrected chi connectivity index (χ1v) is 10.1. The van der Waals surface area contributed by atoms with Crippen molar-refractivity contribution in [3.05, 3.63) is 65.1 Å². The zero-order valence-corrected chi connectivity index (χ0v) is 17.6. The van der Waals surface area contributed by atoms with E-state index in [1.54, 1.807) is 30.2 Å². The van der Waals surface area contributed by atoms with Gasteiger partial charge in [0.15, 0.2) is 11.8 Å². The summed E-state index contributed by atoms with van der Waals surface area (Å²) in [5.74, 6) is -0.151. The second kappa shape index (κ2) is 10.6. The predicted octanol–water partition coefficient (Wildman–Crippen LogP) is 3.49. The van der Waals surface area contributed by atoms with Crippen LogP contribution >= 0.6 is 11.8 Å². The van der Waals surface area contributed by atoms with Gasteiger partial charge >= 0.3 is 5.97 Å². The molecule has 2 aromatic carbocycles. The fourth-order valence-corrected chi connectivity index (χ4v) is 3.67. The molecule has 0 bridgehead atoms. The molecule has 1 aliphatic rings. The maximum absolute atomic E-state index is 13.0. The molecule has 2 aromatic rings. The summed E-state index contributed by atoms with van der Waals surface area (Å²) in [4.78, 5) is 31.2. The Balaban J connectivity index is 1.89.